The third kappa shape index (κ3) is 1.02. The summed E-state index contributed by atoms with van der Waals surface area (Å²) in [5, 5.41) is 0. The average molecular weight is 164 g/mol. The fourth-order valence-corrected chi connectivity index (χ4v) is 3.11. The molecule has 1 nitrogen and oxygen atoms in total. The van der Waals surface area contributed by atoms with Gasteiger partial charge in [-0.15, -0.1) is 0 Å². The lowest BCUT2D eigenvalue weighted by atomic mass is 9.90. The van der Waals surface area contributed by atoms with Gasteiger partial charge >= 0.3 is 0 Å². The van der Waals surface area contributed by atoms with Gasteiger partial charge < -0.3 is 4.79 Å². The predicted molar refractivity (Wildman–Crippen MR) is 46.7 cm³/mol. The Balaban J connectivity index is 1.58. The van der Waals surface area contributed by atoms with Crippen LogP contribution in [0.3, 0.4) is 0 Å². The maximum Gasteiger partial charge on any atom is 0.126 e. The number of fused-ring (bicyclic) bond motifs is 1. The van der Waals surface area contributed by atoms with Crippen LogP contribution in [-0.4, -0.2) is 6.29 Å². The van der Waals surface area contributed by atoms with Crippen LogP contribution in [0.25, 0.3) is 0 Å². The van der Waals surface area contributed by atoms with E-state index in [1.807, 2.05) is 0 Å². The molecule has 3 saturated carbocycles. The molecule has 3 fully saturated rings. The first-order valence-electron chi connectivity index (χ1n) is 5.28. The summed E-state index contributed by atoms with van der Waals surface area (Å²) in [7, 11) is 0. The summed E-state index contributed by atoms with van der Waals surface area (Å²) in [5.41, 5.74) is 0.182. The Morgan fingerprint density at radius 2 is 1.83 bits per heavy atom. The zero-order valence-corrected chi connectivity index (χ0v) is 7.46. The van der Waals surface area contributed by atoms with Gasteiger partial charge in [0.15, 0.2) is 0 Å². The van der Waals surface area contributed by atoms with Crippen molar-refractivity contribution in [2.24, 2.45) is 23.2 Å². The fraction of sp³-hybridized carbons (Fsp3) is 0.909. The zero-order chi connectivity index (χ0) is 8.18. The number of hydrogen-bond acceptors (Lipinski definition) is 1. The van der Waals surface area contributed by atoms with Crippen molar-refractivity contribution >= 4 is 6.29 Å². The van der Waals surface area contributed by atoms with Gasteiger partial charge in [0.25, 0.3) is 0 Å². The number of rotatable bonds is 3. The molecule has 0 saturated heterocycles. The maximum atomic E-state index is 10.8. The molecule has 1 heteroatoms. The molecule has 0 spiro atoms. The minimum absolute atomic E-state index is 0.182. The van der Waals surface area contributed by atoms with Gasteiger partial charge in [-0.25, -0.2) is 0 Å². The van der Waals surface area contributed by atoms with Crippen molar-refractivity contribution < 1.29 is 4.79 Å². The smallest absolute Gasteiger partial charge is 0.126 e. The van der Waals surface area contributed by atoms with Crippen LogP contribution in [0.1, 0.15) is 38.5 Å². The molecule has 0 aliphatic heterocycles. The van der Waals surface area contributed by atoms with Gasteiger partial charge in [0.05, 0.1) is 0 Å². The molecule has 0 radical (unpaired) electrons. The number of hydrogen-bond donors (Lipinski definition) is 0. The molecule has 0 N–H and O–H groups in total. The molecule has 0 aromatic heterocycles. The van der Waals surface area contributed by atoms with Crippen molar-refractivity contribution in [2.45, 2.75) is 38.5 Å². The van der Waals surface area contributed by atoms with E-state index in [0.717, 1.165) is 17.8 Å². The van der Waals surface area contributed by atoms with Gasteiger partial charge in [0, 0.05) is 5.41 Å². The summed E-state index contributed by atoms with van der Waals surface area (Å²) < 4.78 is 0. The van der Waals surface area contributed by atoms with E-state index >= 15 is 0 Å². The van der Waals surface area contributed by atoms with E-state index in [0.29, 0.717) is 0 Å². The van der Waals surface area contributed by atoms with E-state index in [2.05, 4.69) is 0 Å². The number of carbonyl (C=O) groups excluding carboxylic acids is 1. The summed E-state index contributed by atoms with van der Waals surface area (Å²) in [6.45, 7) is 0. The first-order valence-corrected chi connectivity index (χ1v) is 5.28. The lowest BCUT2D eigenvalue weighted by molar-refractivity contribution is -0.112. The summed E-state index contributed by atoms with van der Waals surface area (Å²) in [6, 6.07) is 0. The van der Waals surface area contributed by atoms with Crippen LogP contribution < -0.4 is 0 Å². The SMILES string of the molecule is O=CC1(CC2CC3CC3C2)CC1. The maximum absolute atomic E-state index is 10.8. The van der Waals surface area contributed by atoms with Crippen molar-refractivity contribution in [1.82, 2.24) is 0 Å². The third-order valence-electron chi connectivity index (χ3n) is 4.18. The molecular weight excluding hydrogens is 148 g/mol. The largest absolute Gasteiger partial charge is 0.303 e. The molecule has 2 unspecified atom stereocenters. The Labute approximate surface area is 73.5 Å². The van der Waals surface area contributed by atoms with Gasteiger partial charge in [0.2, 0.25) is 0 Å². The molecule has 2 atom stereocenters. The lowest BCUT2D eigenvalue weighted by Gasteiger charge is -2.14. The monoisotopic (exact) mass is 164 g/mol. The topological polar surface area (TPSA) is 17.1 Å². The molecule has 0 aromatic carbocycles. The normalized spacial score (nSPS) is 46.8. The van der Waals surface area contributed by atoms with Gasteiger partial charge in [-0.2, -0.15) is 0 Å². The molecule has 0 bridgehead atoms. The van der Waals surface area contributed by atoms with Gasteiger partial charge in [-0.05, 0) is 56.3 Å². The second-order valence-electron chi connectivity index (χ2n) is 5.28. The van der Waals surface area contributed by atoms with Gasteiger partial charge in [-0.3, -0.25) is 0 Å². The molecule has 12 heavy (non-hydrogen) atoms. The highest BCUT2D eigenvalue weighted by Gasteiger charge is 2.50. The van der Waals surface area contributed by atoms with E-state index in [-0.39, 0.29) is 5.41 Å². The Morgan fingerprint density at radius 3 is 2.33 bits per heavy atom. The number of carbonyl (C=O) groups is 1. The minimum Gasteiger partial charge on any atom is -0.303 e. The standard InChI is InChI=1S/C11H16O/c12-7-11(1-2-11)6-8-3-9-5-10(9)4-8/h7-10H,1-6H2. The van der Waals surface area contributed by atoms with Crippen molar-refractivity contribution in [1.29, 1.82) is 0 Å². The molecule has 3 rings (SSSR count). The lowest BCUT2D eigenvalue weighted by Crippen LogP contribution is -2.09. The van der Waals surface area contributed by atoms with E-state index in [9.17, 15) is 4.79 Å². The van der Waals surface area contributed by atoms with Crippen LogP contribution in [0.2, 0.25) is 0 Å². The van der Waals surface area contributed by atoms with Crippen LogP contribution in [0.15, 0.2) is 0 Å². The minimum atomic E-state index is 0.182. The highest BCUT2D eigenvalue weighted by atomic mass is 16.1. The Bertz CT molecular complexity index is 207. The first-order chi connectivity index (χ1) is 5.81. The van der Waals surface area contributed by atoms with E-state index < -0.39 is 0 Å². The quantitative estimate of drug-likeness (QED) is 0.585. The van der Waals surface area contributed by atoms with Gasteiger partial charge in [0.1, 0.15) is 6.29 Å². The third-order valence-corrected chi connectivity index (χ3v) is 4.18. The molecule has 0 aromatic rings. The molecule has 3 aliphatic rings. The predicted octanol–water partition coefficient (Wildman–Crippen LogP) is 2.40. The van der Waals surface area contributed by atoms with E-state index in [1.54, 1.807) is 0 Å². The van der Waals surface area contributed by atoms with Crippen LogP contribution in [0, 0.1) is 23.2 Å². The average Bonchev–Trinajstić information content (AvgIpc) is 2.95. The highest BCUT2D eigenvalue weighted by Crippen LogP contribution is 2.59. The van der Waals surface area contributed by atoms with Crippen LogP contribution >= 0.6 is 0 Å². The van der Waals surface area contributed by atoms with E-state index in [4.69, 9.17) is 0 Å². The summed E-state index contributed by atoms with van der Waals surface area (Å²) >= 11 is 0. The first kappa shape index (κ1) is 7.11. The highest BCUT2D eigenvalue weighted by molar-refractivity contribution is 5.63. The second kappa shape index (κ2) is 2.12. The van der Waals surface area contributed by atoms with Crippen molar-refractivity contribution in [3.63, 3.8) is 0 Å². The fourth-order valence-electron chi connectivity index (χ4n) is 3.11. The van der Waals surface area contributed by atoms with Crippen LogP contribution in [-0.2, 0) is 4.79 Å². The Hall–Kier alpha value is -0.330. The Morgan fingerprint density at radius 1 is 1.17 bits per heavy atom. The summed E-state index contributed by atoms with van der Waals surface area (Å²) in [6.07, 6.45) is 9.22. The summed E-state index contributed by atoms with van der Waals surface area (Å²) in [5.74, 6) is 3.08. The van der Waals surface area contributed by atoms with Crippen molar-refractivity contribution in [3.05, 3.63) is 0 Å². The Kier molecular flexibility index (Phi) is 1.26. The molecule has 0 amide bonds. The molecular formula is C11H16O. The van der Waals surface area contributed by atoms with Crippen LogP contribution in [0.5, 0.6) is 0 Å². The zero-order valence-electron chi connectivity index (χ0n) is 7.46. The van der Waals surface area contributed by atoms with E-state index in [1.165, 1.54) is 44.8 Å². The molecule has 3 aliphatic carbocycles. The van der Waals surface area contributed by atoms with Crippen molar-refractivity contribution in [3.8, 4) is 0 Å². The number of aldehydes is 1. The molecule has 0 heterocycles. The second-order valence-corrected chi connectivity index (χ2v) is 5.28. The van der Waals surface area contributed by atoms with Crippen LogP contribution in [0.4, 0.5) is 0 Å². The molecule has 66 valence electrons. The van der Waals surface area contributed by atoms with Crippen molar-refractivity contribution in [2.75, 3.05) is 0 Å². The summed E-state index contributed by atoms with van der Waals surface area (Å²) in [4.78, 5) is 10.8. The van der Waals surface area contributed by atoms with Gasteiger partial charge in [-0.1, -0.05) is 0 Å².